The molecule has 2 heterocycles. The van der Waals surface area contributed by atoms with Gasteiger partial charge in [-0.2, -0.15) is 0 Å². The summed E-state index contributed by atoms with van der Waals surface area (Å²) in [6.45, 7) is 2.02. The van der Waals surface area contributed by atoms with Gasteiger partial charge in [0.05, 0.1) is 11.4 Å². The summed E-state index contributed by atoms with van der Waals surface area (Å²) in [5.74, 6) is -0.455. The van der Waals surface area contributed by atoms with Crippen LogP contribution in [0.5, 0.6) is 5.75 Å². The van der Waals surface area contributed by atoms with E-state index in [2.05, 4.69) is 4.57 Å². The molecule has 1 saturated heterocycles. The molecule has 6 heteroatoms. The van der Waals surface area contributed by atoms with Crippen molar-refractivity contribution < 1.29 is 19.4 Å². The molecule has 1 aliphatic rings. The lowest BCUT2D eigenvalue weighted by Gasteiger charge is -2.30. The topological polar surface area (TPSA) is 71.8 Å². The molecule has 6 nitrogen and oxygen atoms in total. The van der Waals surface area contributed by atoms with Crippen LogP contribution in [0.15, 0.2) is 60.8 Å². The van der Waals surface area contributed by atoms with Gasteiger partial charge in [0.15, 0.2) is 0 Å². The van der Waals surface area contributed by atoms with Gasteiger partial charge in [-0.25, -0.2) is 0 Å². The molecule has 30 heavy (non-hydrogen) atoms. The average molecular weight is 406 g/mol. The van der Waals surface area contributed by atoms with Crippen molar-refractivity contribution >= 4 is 22.8 Å². The number of carboxylic acid groups (broad SMARTS) is 1. The standard InChI is InChI=1S/C24H26N2O4/c27-23(26-12-4-7-20(16-26)24(28)29)11-14-25-13-10-19-8-9-21(15-22(19)25)30-17-18-5-2-1-3-6-18/h1-3,5-6,8-10,13,15,20H,4,7,11-12,14,16-17H2,(H,28,29)/t20-/m0/s1. The van der Waals surface area contributed by atoms with Gasteiger partial charge in [-0.3, -0.25) is 9.59 Å². The third kappa shape index (κ3) is 4.64. The van der Waals surface area contributed by atoms with Crippen LogP contribution < -0.4 is 4.74 Å². The molecule has 1 aromatic heterocycles. The van der Waals surface area contributed by atoms with Gasteiger partial charge in [0, 0.05) is 38.3 Å². The van der Waals surface area contributed by atoms with Crippen LogP contribution in [0.25, 0.3) is 10.9 Å². The lowest BCUT2D eigenvalue weighted by atomic mass is 9.98. The van der Waals surface area contributed by atoms with Crippen LogP contribution in [0.4, 0.5) is 0 Å². The Balaban J connectivity index is 1.39. The molecule has 0 saturated carbocycles. The fraction of sp³-hybridized carbons (Fsp3) is 0.333. The minimum atomic E-state index is -0.813. The molecule has 1 amide bonds. The molecule has 156 valence electrons. The fourth-order valence-electron chi connectivity index (χ4n) is 3.97. The molecule has 0 bridgehead atoms. The third-order valence-electron chi connectivity index (χ3n) is 5.68. The second-order valence-electron chi connectivity index (χ2n) is 7.77. The van der Waals surface area contributed by atoms with Gasteiger partial charge in [0.25, 0.3) is 0 Å². The normalized spacial score (nSPS) is 16.5. The van der Waals surface area contributed by atoms with E-state index in [4.69, 9.17) is 4.74 Å². The number of hydrogen-bond acceptors (Lipinski definition) is 3. The second kappa shape index (κ2) is 9.03. The van der Waals surface area contributed by atoms with E-state index in [-0.39, 0.29) is 5.91 Å². The number of benzene rings is 2. The quantitative estimate of drug-likeness (QED) is 0.645. The van der Waals surface area contributed by atoms with Gasteiger partial charge < -0.3 is 19.3 Å². The van der Waals surface area contributed by atoms with E-state index in [0.717, 1.165) is 28.6 Å². The van der Waals surface area contributed by atoms with Gasteiger partial charge >= 0.3 is 5.97 Å². The number of fused-ring (bicyclic) bond motifs is 1. The smallest absolute Gasteiger partial charge is 0.308 e. The lowest BCUT2D eigenvalue weighted by molar-refractivity contribution is -0.145. The first kappa shape index (κ1) is 20.0. The Hall–Kier alpha value is -3.28. The largest absolute Gasteiger partial charge is 0.489 e. The number of carbonyl (C=O) groups is 2. The van der Waals surface area contributed by atoms with Gasteiger partial charge in [0.1, 0.15) is 12.4 Å². The van der Waals surface area contributed by atoms with Crippen molar-refractivity contribution in [1.82, 2.24) is 9.47 Å². The first-order valence-corrected chi connectivity index (χ1v) is 10.4. The van der Waals surface area contributed by atoms with Crippen molar-refractivity contribution in [3.63, 3.8) is 0 Å². The summed E-state index contributed by atoms with van der Waals surface area (Å²) in [6, 6.07) is 18.0. The summed E-state index contributed by atoms with van der Waals surface area (Å²) < 4.78 is 7.99. The van der Waals surface area contributed by atoms with Crippen LogP contribution in [0, 0.1) is 5.92 Å². The highest BCUT2D eigenvalue weighted by molar-refractivity contribution is 5.82. The average Bonchev–Trinajstić information content (AvgIpc) is 3.19. The lowest BCUT2D eigenvalue weighted by Crippen LogP contribution is -2.42. The first-order chi connectivity index (χ1) is 14.6. The zero-order valence-electron chi connectivity index (χ0n) is 16.9. The van der Waals surface area contributed by atoms with Crippen molar-refractivity contribution in [2.45, 2.75) is 32.4 Å². The van der Waals surface area contributed by atoms with Crippen molar-refractivity contribution in [3.05, 3.63) is 66.4 Å². The minimum absolute atomic E-state index is 0.0132. The van der Waals surface area contributed by atoms with E-state index in [1.165, 1.54) is 0 Å². The Bertz CT molecular complexity index is 1030. The monoisotopic (exact) mass is 406 g/mol. The molecule has 0 radical (unpaired) electrons. The maximum absolute atomic E-state index is 12.6. The maximum Gasteiger partial charge on any atom is 0.308 e. The predicted octanol–water partition coefficient (Wildman–Crippen LogP) is 3.93. The zero-order chi connectivity index (χ0) is 20.9. The molecular weight excluding hydrogens is 380 g/mol. The molecular formula is C24H26N2O4. The van der Waals surface area contributed by atoms with Crippen LogP contribution >= 0.6 is 0 Å². The SMILES string of the molecule is O=C(O)[C@H]1CCCN(C(=O)CCn2ccc3ccc(OCc4ccccc4)cc32)C1. The van der Waals surface area contributed by atoms with Gasteiger partial charge in [-0.15, -0.1) is 0 Å². The molecule has 2 aromatic carbocycles. The Morgan fingerprint density at radius 1 is 1.10 bits per heavy atom. The zero-order valence-corrected chi connectivity index (χ0v) is 16.9. The number of carbonyl (C=O) groups excluding carboxylic acids is 1. The van der Waals surface area contributed by atoms with Crippen molar-refractivity contribution in [2.24, 2.45) is 5.92 Å². The number of hydrogen-bond donors (Lipinski definition) is 1. The van der Waals surface area contributed by atoms with Crippen molar-refractivity contribution in [3.8, 4) is 5.75 Å². The molecule has 0 unspecified atom stereocenters. The third-order valence-corrected chi connectivity index (χ3v) is 5.68. The summed E-state index contributed by atoms with van der Waals surface area (Å²) in [7, 11) is 0. The molecule has 0 aliphatic carbocycles. The number of ether oxygens (including phenoxy) is 1. The Labute approximate surface area is 175 Å². The number of aryl methyl sites for hydroxylation is 1. The molecule has 1 aliphatic heterocycles. The second-order valence-corrected chi connectivity index (χ2v) is 7.77. The highest BCUT2D eigenvalue weighted by Crippen LogP contribution is 2.24. The van der Waals surface area contributed by atoms with E-state index in [1.807, 2.05) is 60.8 Å². The van der Waals surface area contributed by atoms with Crippen LogP contribution in [0.1, 0.15) is 24.8 Å². The molecule has 0 spiro atoms. The number of piperidine rings is 1. The summed E-state index contributed by atoms with van der Waals surface area (Å²) in [5.41, 5.74) is 2.13. The van der Waals surface area contributed by atoms with Crippen LogP contribution in [-0.4, -0.2) is 39.5 Å². The molecule has 1 N–H and O–H groups in total. The summed E-state index contributed by atoms with van der Waals surface area (Å²) in [4.78, 5) is 25.6. The molecule has 1 atom stereocenters. The molecule has 1 fully saturated rings. The highest BCUT2D eigenvalue weighted by atomic mass is 16.5. The number of aliphatic carboxylic acids is 1. The minimum Gasteiger partial charge on any atom is -0.489 e. The number of rotatable bonds is 7. The highest BCUT2D eigenvalue weighted by Gasteiger charge is 2.27. The van der Waals surface area contributed by atoms with Crippen LogP contribution in [0.2, 0.25) is 0 Å². The Kier molecular flexibility index (Phi) is 6.02. The van der Waals surface area contributed by atoms with E-state index >= 15 is 0 Å². The van der Waals surface area contributed by atoms with E-state index in [0.29, 0.717) is 39.1 Å². The summed E-state index contributed by atoms with van der Waals surface area (Å²) in [5, 5.41) is 10.3. The number of nitrogens with zero attached hydrogens (tertiary/aromatic N) is 2. The summed E-state index contributed by atoms with van der Waals surface area (Å²) >= 11 is 0. The number of amides is 1. The van der Waals surface area contributed by atoms with Gasteiger partial charge in [-0.05, 0) is 42.0 Å². The number of aromatic nitrogens is 1. The van der Waals surface area contributed by atoms with Crippen molar-refractivity contribution in [1.29, 1.82) is 0 Å². The van der Waals surface area contributed by atoms with Crippen LogP contribution in [0.3, 0.4) is 0 Å². The van der Waals surface area contributed by atoms with Crippen LogP contribution in [-0.2, 0) is 22.7 Å². The van der Waals surface area contributed by atoms with E-state index < -0.39 is 11.9 Å². The predicted molar refractivity (Wildman–Crippen MR) is 114 cm³/mol. The fourth-order valence-corrected chi connectivity index (χ4v) is 3.97. The Morgan fingerprint density at radius 3 is 2.73 bits per heavy atom. The van der Waals surface area contributed by atoms with Crippen molar-refractivity contribution in [2.75, 3.05) is 13.1 Å². The van der Waals surface area contributed by atoms with Gasteiger partial charge in [-0.1, -0.05) is 30.3 Å². The molecule has 3 aromatic rings. The number of carboxylic acids is 1. The molecule has 4 rings (SSSR count). The van der Waals surface area contributed by atoms with E-state index in [9.17, 15) is 14.7 Å². The number of likely N-dealkylation sites (tertiary alicyclic amines) is 1. The Morgan fingerprint density at radius 2 is 1.93 bits per heavy atom. The summed E-state index contributed by atoms with van der Waals surface area (Å²) in [6.07, 6.45) is 3.73. The maximum atomic E-state index is 12.6. The first-order valence-electron chi connectivity index (χ1n) is 10.4. The van der Waals surface area contributed by atoms with E-state index in [1.54, 1.807) is 4.90 Å². The van der Waals surface area contributed by atoms with Gasteiger partial charge in [0.2, 0.25) is 5.91 Å².